The summed E-state index contributed by atoms with van der Waals surface area (Å²) in [7, 11) is 0. The van der Waals surface area contributed by atoms with Crippen LogP contribution in [-0.2, 0) is 14.3 Å². The van der Waals surface area contributed by atoms with E-state index in [1.807, 2.05) is 19.9 Å². The number of ether oxygens (including phenoxy) is 1. The van der Waals surface area contributed by atoms with Gasteiger partial charge in [-0.1, -0.05) is 77.9 Å². The van der Waals surface area contributed by atoms with Crippen molar-refractivity contribution < 1.29 is 19.4 Å². The van der Waals surface area contributed by atoms with E-state index in [0.29, 0.717) is 6.61 Å². The summed E-state index contributed by atoms with van der Waals surface area (Å²) in [6.45, 7) is 6.46. The van der Waals surface area contributed by atoms with Crippen molar-refractivity contribution in [2.24, 2.45) is 11.8 Å². The van der Waals surface area contributed by atoms with Gasteiger partial charge in [-0.05, 0) is 18.8 Å². The van der Waals surface area contributed by atoms with Gasteiger partial charge in [-0.15, -0.1) is 0 Å². The van der Waals surface area contributed by atoms with Gasteiger partial charge < -0.3 is 9.84 Å². The number of esters is 1. The topological polar surface area (TPSA) is 63.6 Å². The van der Waals surface area contributed by atoms with E-state index in [4.69, 9.17) is 4.74 Å². The number of allylic oxidation sites excluding steroid dienone is 1. The fraction of sp³-hybridized carbons (Fsp3) is 0.800. The van der Waals surface area contributed by atoms with Crippen LogP contribution in [0.5, 0.6) is 0 Å². The molecule has 4 nitrogen and oxygen atoms in total. The van der Waals surface area contributed by atoms with Crippen LogP contribution in [0, 0.1) is 11.8 Å². The van der Waals surface area contributed by atoms with E-state index in [1.165, 1.54) is 44.9 Å². The molecule has 0 heterocycles. The van der Waals surface area contributed by atoms with E-state index in [0.717, 1.165) is 12.8 Å². The molecule has 0 aliphatic carbocycles. The molecule has 0 aliphatic rings. The molecule has 0 radical (unpaired) electrons. The number of aliphatic carboxylic acids is 1. The van der Waals surface area contributed by atoms with Crippen molar-refractivity contribution in [3.05, 3.63) is 12.2 Å². The number of carbonyl (C=O) groups is 2. The second kappa shape index (κ2) is 15.2. The standard InChI is InChI=1S/C20H36O4/c1-4-5-6-7-8-9-10-11-12-13-14-18(20(22)23)15-19(21)24-16-17(2)3/h13-14,17-18H,4-12,15-16H2,1-3H3,(H,22,23). The van der Waals surface area contributed by atoms with E-state index in [-0.39, 0.29) is 12.3 Å². The molecule has 140 valence electrons. The minimum Gasteiger partial charge on any atom is -0.481 e. The number of carboxylic acid groups (broad SMARTS) is 1. The van der Waals surface area contributed by atoms with Crippen molar-refractivity contribution in [2.45, 2.75) is 85.0 Å². The lowest BCUT2D eigenvalue weighted by Gasteiger charge is -2.09. The van der Waals surface area contributed by atoms with Crippen LogP contribution in [0.25, 0.3) is 0 Å². The SMILES string of the molecule is CCCCCCCCCCC=CC(CC(=O)OCC(C)C)C(=O)O. The molecular formula is C20H36O4. The van der Waals surface area contributed by atoms with Crippen LogP contribution < -0.4 is 0 Å². The maximum atomic E-state index is 11.6. The molecule has 1 unspecified atom stereocenters. The molecule has 0 aromatic rings. The highest BCUT2D eigenvalue weighted by Crippen LogP contribution is 2.12. The first kappa shape index (κ1) is 22.7. The summed E-state index contributed by atoms with van der Waals surface area (Å²) in [4.78, 5) is 22.8. The Balaban J connectivity index is 3.84. The zero-order valence-corrected chi connectivity index (χ0v) is 15.8. The molecule has 0 saturated carbocycles. The second-order valence-corrected chi connectivity index (χ2v) is 6.92. The molecule has 0 bridgehead atoms. The Hall–Kier alpha value is -1.32. The van der Waals surface area contributed by atoms with Gasteiger partial charge in [-0.2, -0.15) is 0 Å². The first-order valence-electron chi connectivity index (χ1n) is 9.52. The monoisotopic (exact) mass is 340 g/mol. The third kappa shape index (κ3) is 14.3. The molecule has 0 aliphatic heterocycles. The van der Waals surface area contributed by atoms with Crippen molar-refractivity contribution in [2.75, 3.05) is 6.61 Å². The van der Waals surface area contributed by atoms with Crippen molar-refractivity contribution >= 4 is 11.9 Å². The molecule has 1 N–H and O–H groups in total. The van der Waals surface area contributed by atoms with E-state index in [9.17, 15) is 14.7 Å². The maximum absolute atomic E-state index is 11.6. The van der Waals surface area contributed by atoms with Gasteiger partial charge in [0.05, 0.1) is 18.9 Å². The van der Waals surface area contributed by atoms with Crippen molar-refractivity contribution in [3.63, 3.8) is 0 Å². The van der Waals surface area contributed by atoms with Gasteiger partial charge in [0.25, 0.3) is 0 Å². The summed E-state index contributed by atoms with van der Waals surface area (Å²) in [5.41, 5.74) is 0. The normalized spacial score (nSPS) is 12.7. The van der Waals surface area contributed by atoms with Crippen molar-refractivity contribution in [1.82, 2.24) is 0 Å². The highest BCUT2D eigenvalue weighted by atomic mass is 16.5. The van der Waals surface area contributed by atoms with Crippen LogP contribution >= 0.6 is 0 Å². The minimum atomic E-state index is -0.969. The van der Waals surface area contributed by atoms with Crippen LogP contribution in [0.3, 0.4) is 0 Å². The predicted octanol–water partition coefficient (Wildman–Crippen LogP) is 5.36. The molecule has 0 fully saturated rings. The molecular weight excluding hydrogens is 304 g/mol. The van der Waals surface area contributed by atoms with Gasteiger partial charge in [0.1, 0.15) is 0 Å². The number of hydrogen-bond acceptors (Lipinski definition) is 3. The summed E-state index contributed by atoms with van der Waals surface area (Å²) >= 11 is 0. The van der Waals surface area contributed by atoms with Gasteiger partial charge >= 0.3 is 11.9 Å². The summed E-state index contributed by atoms with van der Waals surface area (Å²) in [5, 5.41) is 9.18. The Kier molecular flexibility index (Phi) is 14.4. The molecule has 1 atom stereocenters. The number of hydrogen-bond donors (Lipinski definition) is 1. The quantitative estimate of drug-likeness (QED) is 0.247. The van der Waals surface area contributed by atoms with Crippen LogP contribution in [0.1, 0.15) is 85.0 Å². The minimum absolute atomic E-state index is 0.0873. The fourth-order valence-corrected chi connectivity index (χ4v) is 2.39. The van der Waals surface area contributed by atoms with Crippen molar-refractivity contribution in [1.29, 1.82) is 0 Å². The highest BCUT2D eigenvalue weighted by molar-refractivity contribution is 5.80. The number of rotatable bonds is 15. The molecule has 24 heavy (non-hydrogen) atoms. The van der Waals surface area contributed by atoms with Gasteiger partial charge in [-0.3, -0.25) is 9.59 Å². The Morgan fingerprint density at radius 1 is 1.00 bits per heavy atom. The Morgan fingerprint density at radius 2 is 1.58 bits per heavy atom. The zero-order valence-electron chi connectivity index (χ0n) is 15.8. The molecule has 0 amide bonds. The predicted molar refractivity (Wildman–Crippen MR) is 97.9 cm³/mol. The summed E-state index contributed by atoms with van der Waals surface area (Å²) in [5.74, 6) is -1.93. The molecule has 0 aromatic heterocycles. The van der Waals surface area contributed by atoms with Crippen LogP contribution in [0.2, 0.25) is 0 Å². The van der Waals surface area contributed by atoms with E-state index in [1.54, 1.807) is 6.08 Å². The lowest BCUT2D eigenvalue weighted by molar-refractivity contribution is -0.150. The van der Waals surface area contributed by atoms with Gasteiger partial charge in [0, 0.05) is 0 Å². The number of carboxylic acids is 1. The summed E-state index contributed by atoms with van der Waals surface area (Å²) in [6.07, 6.45) is 14.4. The Labute approximate surface area is 147 Å². The first-order valence-corrected chi connectivity index (χ1v) is 9.52. The molecule has 4 heteroatoms. The highest BCUT2D eigenvalue weighted by Gasteiger charge is 2.19. The lowest BCUT2D eigenvalue weighted by atomic mass is 10.0. The molecule has 0 aromatic carbocycles. The summed E-state index contributed by atoms with van der Waals surface area (Å²) in [6, 6.07) is 0. The van der Waals surface area contributed by atoms with Crippen LogP contribution in [0.4, 0.5) is 0 Å². The third-order valence-corrected chi connectivity index (χ3v) is 3.87. The van der Waals surface area contributed by atoms with Gasteiger partial charge in [-0.25, -0.2) is 0 Å². The van der Waals surface area contributed by atoms with Crippen molar-refractivity contribution in [3.8, 4) is 0 Å². The van der Waals surface area contributed by atoms with Gasteiger partial charge in [0.15, 0.2) is 0 Å². The lowest BCUT2D eigenvalue weighted by Crippen LogP contribution is -2.19. The largest absolute Gasteiger partial charge is 0.481 e. The average Bonchev–Trinajstić information content (AvgIpc) is 2.53. The smallest absolute Gasteiger partial charge is 0.310 e. The zero-order chi connectivity index (χ0) is 18.2. The number of unbranched alkanes of at least 4 members (excludes halogenated alkanes) is 8. The molecule has 0 spiro atoms. The maximum Gasteiger partial charge on any atom is 0.310 e. The molecule has 0 saturated heterocycles. The fourth-order valence-electron chi connectivity index (χ4n) is 2.39. The van der Waals surface area contributed by atoms with Gasteiger partial charge in [0.2, 0.25) is 0 Å². The second-order valence-electron chi connectivity index (χ2n) is 6.92. The third-order valence-electron chi connectivity index (χ3n) is 3.87. The number of carbonyl (C=O) groups excluding carboxylic acids is 1. The van der Waals surface area contributed by atoms with Crippen LogP contribution in [-0.4, -0.2) is 23.7 Å². The van der Waals surface area contributed by atoms with E-state index >= 15 is 0 Å². The molecule has 0 rings (SSSR count). The van der Waals surface area contributed by atoms with E-state index < -0.39 is 17.9 Å². The summed E-state index contributed by atoms with van der Waals surface area (Å²) < 4.78 is 5.05. The first-order chi connectivity index (χ1) is 11.5. The van der Waals surface area contributed by atoms with Crippen LogP contribution in [0.15, 0.2) is 12.2 Å². The Bertz CT molecular complexity index is 361. The van der Waals surface area contributed by atoms with E-state index in [2.05, 4.69) is 6.92 Å². The Morgan fingerprint density at radius 3 is 2.12 bits per heavy atom. The average molecular weight is 341 g/mol.